The summed E-state index contributed by atoms with van der Waals surface area (Å²) in [5, 5.41) is 12.6. The van der Waals surface area contributed by atoms with Gasteiger partial charge in [-0.3, -0.25) is 0 Å². The topological polar surface area (TPSA) is 50.7 Å². The lowest BCUT2D eigenvalue weighted by atomic mass is 10.3. The van der Waals surface area contributed by atoms with E-state index in [9.17, 15) is 5.11 Å². The van der Waals surface area contributed by atoms with Crippen molar-refractivity contribution in [2.24, 2.45) is 0 Å². The molecule has 0 aromatic rings. The van der Waals surface area contributed by atoms with Gasteiger partial charge in [0.15, 0.2) is 0 Å². The molecule has 0 saturated carbocycles. The predicted octanol–water partition coefficient (Wildman–Crippen LogP) is 0.790. The zero-order valence-corrected chi connectivity index (χ0v) is 10.00. The van der Waals surface area contributed by atoms with Crippen LogP contribution >= 0.6 is 0 Å². The van der Waals surface area contributed by atoms with Gasteiger partial charge in [-0.15, -0.1) is 0 Å². The van der Waals surface area contributed by atoms with E-state index < -0.39 is 6.10 Å². The van der Waals surface area contributed by atoms with Crippen LogP contribution in [0.1, 0.15) is 26.7 Å². The van der Waals surface area contributed by atoms with Gasteiger partial charge in [-0.05, 0) is 26.3 Å². The molecule has 0 aliphatic carbocycles. The van der Waals surface area contributed by atoms with E-state index >= 15 is 0 Å². The SMILES string of the molecule is CCCOCCCNCC(O)COCC. The molecule has 0 aromatic heterocycles. The summed E-state index contributed by atoms with van der Waals surface area (Å²) in [7, 11) is 0. The van der Waals surface area contributed by atoms with E-state index in [-0.39, 0.29) is 0 Å². The minimum Gasteiger partial charge on any atom is -0.389 e. The van der Waals surface area contributed by atoms with Gasteiger partial charge in [-0.25, -0.2) is 0 Å². The Morgan fingerprint density at radius 1 is 1.20 bits per heavy atom. The average molecular weight is 219 g/mol. The minimum absolute atomic E-state index is 0.401. The van der Waals surface area contributed by atoms with Crippen LogP contribution in [0.5, 0.6) is 0 Å². The molecule has 0 fully saturated rings. The number of aliphatic hydroxyl groups excluding tert-OH is 1. The standard InChI is InChI=1S/C11H25NO3/c1-3-7-15-8-5-6-12-9-11(13)10-14-4-2/h11-13H,3-10H2,1-2H3. The normalized spacial score (nSPS) is 13.0. The highest BCUT2D eigenvalue weighted by atomic mass is 16.5. The summed E-state index contributed by atoms with van der Waals surface area (Å²) in [6, 6.07) is 0. The molecule has 4 nitrogen and oxygen atoms in total. The summed E-state index contributed by atoms with van der Waals surface area (Å²) in [4.78, 5) is 0. The third kappa shape index (κ3) is 11.8. The van der Waals surface area contributed by atoms with Crippen molar-refractivity contribution in [2.75, 3.05) is 39.5 Å². The molecule has 0 saturated heterocycles. The molecule has 92 valence electrons. The molecule has 0 aliphatic heterocycles. The highest BCUT2D eigenvalue weighted by molar-refractivity contribution is 4.57. The van der Waals surface area contributed by atoms with Gasteiger partial charge in [0.1, 0.15) is 0 Å². The summed E-state index contributed by atoms with van der Waals surface area (Å²) in [6.07, 6.45) is 1.66. The van der Waals surface area contributed by atoms with Crippen molar-refractivity contribution < 1.29 is 14.6 Å². The van der Waals surface area contributed by atoms with Crippen molar-refractivity contribution in [1.82, 2.24) is 5.32 Å². The fourth-order valence-corrected chi connectivity index (χ4v) is 1.13. The fourth-order valence-electron chi connectivity index (χ4n) is 1.13. The van der Waals surface area contributed by atoms with E-state index in [2.05, 4.69) is 12.2 Å². The van der Waals surface area contributed by atoms with Crippen molar-refractivity contribution in [3.05, 3.63) is 0 Å². The molecular formula is C11H25NO3. The molecule has 0 spiro atoms. The molecule has 4 heteroatoms. The maximum Gasteiger partial charge on any atom is 0.0897 e. The first-order valence-electron chi connectivity index (χ1n) is 5.85. The van der Waals surface area contributed by atoms with Crippen molar-refractivity contribution in [2.45, 2.75) is 32.8 Å². The first-order valence-corrected chi connectivity index (χ1v) is 5.85. The van der Waals surface area contributed by atoms with Gasteiger partial charge in [0, 0.05) is 26.4 Å². The van der Waals surface area contributed by atoms with E-state index in [0.717, 1.165) is 32.6 Å². The van der Waals surface area contributed by atoms with Crippen LogP contribution in [0, 0.1) is 0 Å². The van der Waals surface area contributed by atoms with E-state index in [1.807, 2.05) is 6.92 Å². The maximum atomic E-state index is 9.40. The molecule has 1 atom stereocenters. The zero-order chi connectivity index (χ0) is 11.4. The van der Waals surface area contributed by atoms with Gasteiger partial charge in [0.2, 0.25) is 0 Å². The lowest BCUT2D eigenvalue weighted by Gasteiger charge is -2.11. The smallest absolute Gasteiger partial charge is 0.0897 e. The Kier molecular flexibility index (Phi) is 11.8. The molecule has 0 aliphatic rings. The molecule has 0 bridgehead atoms. The van der Waals surface area contributed by atoms with Crippen LogP contribution in [0.3, 0.4) is 0 Å². The van der Waals surface area contributed by atoms with Crippen LogP contribution in [-0.2, 0) is 9.47 Å². The molecule has 0 radical (unpaired) electrons. The van der Waals surface area contributed by atoms with Gasteiger partial charge in [0.25, 0.3) is 0 Å². The van der Waals surface area contributed by atoms with E-state index in [0.29, 0.717) is 19.8 Å². The molecular weight excluding hydrogens is 194 g/mol. The van der Waals surface area contributed by atoms with Crippen LogP contribution in [-0.4, -0.2) is 50.7 Å². The molecule has 0 heterocycles. The third-order valence-corrected chi connectivity index (χ3v) is 1.89. The molecule has 0 aromatic carbocycles. The monoisotopic (exact) mass is 219 g/mol. The predicted molar refractivity (Wildman–Crippen MR) is 61.1 cm³/mol. The van der Waals surface area contributed by atoms with Crippen LogP contribution in [0.2, 0.25) is 0 Å². The third-order valence-electron chi connectivity index (χ3n) is 1.89. The Labute approximate surface area is 93.0 Å². The Morgan fingerprint density at radius 2 is 2.00 bits per heavy atom. The number of rotatable bonds is 11. The van der Waals surface area contributed by atoms with Crippen LogP contribution in [0.25, 0.3) is 0 Å². The van der Waals surface area contributed by atoms with Gasteiger partial charge < -0.3 is 19.9 Å². The lowest BCUT2D eigenvalue weighted by Crippen LogP contribution is -2.31. The van der Waals surface area contributed by atoms with Crippen LogP contribution < -0.4 is 5.32 Å². The quantitative estimate of drug-likeness (QED) is 0.504. The molecule has 0 rings (SSSR count). The van der Waals surface area contributed by atoms with Crippen molar-refractivity contribution in [3.8, 4) is 0 Å². The van der Waals surface area contributed by atoms with Gasteiger partial charge >= 0.3 is 0 Å². The second-order valence-electron chi connectivity index (χ2n) is 3.48. The molecule has 0 amide bonds. The lowest BCUT2D eigenvalue weighted by molar-refractivity contribution is 0.0425. The van der Waals surface area contributed by atoms with E-state index in [1.165, 1.54) is 0 Å². The molecule has 1 unspecified atom stereocenters. The fraction of sp³-hybridized carbons (Fsp3) is 1.00. The Bertz CT molecular complexity index is 122. The summed E-state index contributed by atoms with van der Waals surface area (Å²) in [5.74, 6) is 0. The summed E-state index contributed by atoms with van der Waals surface area (Å²) in [5.41, 5.74) is 0. The Morgan fingerprint density at radius 3 is 2.67 bits per heavy atom. The largest absolute Gasteiger partial charge is 0.389 e. The maximum absolute atomic E-state index is 9.40. The second-order valence-corrected chi connectivity index (χ2v) is 3.48. The van der Waals surface area contributed by atoms with E-state index in [1.54, 1.807) is 0 Å². The van der Waals surface area contributed by atoms with Crippen LogP contribution in [0.15, 0.2) is 0 Å². The van der Waals surface area contributed by atoms with Crippen molar-refractivity contribution >= 4 is 0 Å². The van der Waals surface area contributed by atoms with Crippen LogP contribution in [0.4, 0.5) is 0 Å². The minimum atomic E-state index is -0.401. The number of nitrogens with one attached hydrogen (secondary N) is 1. The first kappa shape index (κ1) is 14.8. The Hall–Kier alpha value is -0.160. The average Bonchev–Trinajstić information content (AvgIpc) is 2.25. The van der Waals surface area contributed by atoms with Crippen molar-refractivity contribution in [1.29, 1.82) is 0 Å². The highest BCUT2D eigenvalue weighted by Crippen LogP contribution is 1.86. The molecule has 15 heavy (non-hydrogen) atoms. The number of hydrogen-bond acceptors (Lipinski definition) is 4. The number of hydrogen-bond donors (Lipinski definition) is 2. The Balaban J connectivity index is 3.02. The van der Waals surface area contributed by atoms with Crippen molar-refractivity contribution in [3.63, 3.8) is 0 Å². The number of ether oxygens (including phenoxy) is 2. The first-order chi connectivity index (χ1) is 7.31. The second kappa shape index (κ2) is 11.9. The van der Waals surface area contributed by atoms with Gasteiger partial charge in [0.05, 0.1) is 12.7 Å². The van der Waals surface area contributed by atoms with E-state index in [4.69, 9.17) is 9.47 Å². The summed E-state index contributed by atoms with van der Waals surface area (Å²) in [6.45, 7) is 8.20. The summed E-state index contributed by atoms with van der Waals surface area (Å²) >= 11 is 0. The number of aliphatic hydroxyl groups is 1. The molecule has 2 N–H and O–H groups in total. The van der Waals surface area contributed by atoms with Gasteiger partial charge in [-0.2, -0.15) is 0 Å². The highest BCUT2D eigenvalue weighted by Gasteiger charge is 2.01. The summed E-state index contributed by atoms with van der Waals surface area (Å²) < 4.78 is 10.4. The van der Waals surface area contributed by atoms with Gasteiger partial charge in [-0.1, -0.05) is 6.92 Å². The zero-order valence-electron chi connectivity index (χ0n) is 10.00.